The molecule has 0 aliphatic heterocycles. The van der Waals surface area contributed by atoms with Gasteiger partial charge < -0.3 is 0 Å². The van der Waals surface area contributed by atoms with Crippen molar-refractivity contribution in [3.05, 3.63) is 72.8 Å². The lowest BCUT2D eigenvalue weighted by molar-refractivity contribution is 1.77. The number of benzene rings is 5. The zero-order valence-corrected chi connectivity index (χ0v) is 10.8. The molecule has 0 saturated carbocycles. The molecule has 0 spiro atoms. The van der Waals surface area contributed by atoms with Crippen molar-refractivity contribution in [1.29, 1.82) is 0 Å². The molecule has 0 fully saturated rings. The second-order valence-electron chi connectivity index (χ2n) is 5.26. The molecular formula is C20H10. The topological polar surface area (TPSA) is 0 Å². The van der Waals surface area contributed by atoms with Crippen molar-refractivity contribution in [3.8, 4) is 0 Å². The van der Waals surface area contributed by atoms with Gasteiger partial charge in [0, 0.05) is 0 Å². The maximum atomic E-state index is 3.35. The first-order valence-corrected chi connectivity index (χ1v) is 6.80. The van der Waals surface area contributed by atoms with Crippen LogP contribution in [0.5, 0.6) is 0 Å². The van der Waals surface area contributed by atoms with Crippen molar-refractivity contribution in [2.24, 2.45) is 0 Å². The predicted octanol–water partition coefficient (Wildman–Crippen LogP) is 5.34. The lowest BCUT2D eigenvalue weighted by Crippen LogP contribution is -1.86. The van der Waals surface area contributed by atoms with Gasteiger partial charge in [0.05, 0.1) is 0 Å². The molecule has 90 valence electrons. The Hall–Kier alpha value is -2.60. The highest BCUT2D eigenvalue weighted by Crippen LogP contribution is 2.39. The van der Waals surface area contributed by atoms with E-state index in [9.17, 15) is 0 Å². The van der Waals surface area contributed by atoms with Gasteiger partial charge in [0.1, 0.15) is 0 Å². The molecule has 2 radical (unpaired) electrons. The van der Waals surface area contributed by atoms with Crippen LogP contribution in [0.2, 0.25) is 0 Å². The SMILES string of the molecule is [c]1cc2cccc3c4cccc5[c]ccc(c(c1)c23)c54. The molecule has 0 atom stereocenters. The molecule has 0 aliphatic carbocycles. The Morgan fingerprint density at radius 3 is 2.40 bits per heavy atom. The minimum Gasteiger partial charge on any atom is -0.0610 e. The van der Waals surface area contributed by atoms with Crippen LogP contribution in [0.1, 0.15) is 0 Å². The highest BCUT2D eigenvalue weighted by atomic mass is 14.1. The van der Waals surface area contributed by atoms with Gasteiger partial charge in [-0.3, -0.25) is 0 Å². The van der Waals surface area contributed by atoms with Crippen molar-refractivity contribution in [2.75, 3.05) is 0 Å². The van der Waals surface area contributed by atoms with E-state index in [0.717, 1.165) is 0 Å². The van der Waals surface area contributed by atoms with Crippen LogP contribution < -0.4 is 0 Å². The van der Waals surface area contributed by atoms with Crippen molar-refractivity contribution < 1.29 is 0 Å². The molecule has 0 aromatic heterocycles. The molecular weight excluding hydrogens is 240 g/mol. The maximum Gasteiger partial charge on any atom is -0.00201 e. The van der Waals surface area contributed by atoms with Crippen molar-refractivity contribution in [3.63, 3.8) is 0 Å². The average molecular weight is 250 g/mol. The number of hydrogen-bond donors (Lipinski definition) is 0. The zero-order chi connectivity index (χ0) is 13.1. The lowest BCUT2D eigenvalue weighted by Gasteiger charge is -2.13. The van der Waals surface area contributed by atoms with Gasteiger partial charge in [-0.25, -0.2) is 0 Å². The standard InChI is InChI=1S/C20H10/c1-5-13-6-2-11-17-18-12-4-8-14-7-3-10-16(20(14)18)15(9-1)19(13)17/h1-3,5,7-12H. The van der Waals surface area contributed by atoms with E-state index in [4.69, 9.17) is 0 Å². The van der Waals surface area contributed by atoms with Crippen LogP contribution in [0, 0.1) is 12.1 Å². The summed E-state index contributed by atoms with van der Waals surface area (Å²) >= 11 is 0. The van der Waals surface area contributed by atoms with E-state index in [1.807, 2.05) is 6.07 Å². The largest absolute Gasteiger partial charge is 0.0610 e. The molecule has 0 bridgehead atoms. The lowest BCUT2D eigenvalue weighted by atomic mass is 9.90. The molecule has 0 unspecified atom stereocenters. The summed E-state index contributed by atoms with van der Waals surface area (Å²) in [5.41, 5.74) is 0. The summed E-state index contributed by atoms with van der Waals surface area (Å²) in [4.78, 5) is 0. The molecule has 0 nitrogen and oxygen atoms in total. The van der Waals surface area contributed by atoms with Gasteiger partial charge in [0.2, 0.25) is 0 Å². The number of rotatable bonds is 0. The van der Waals surface area contributed by atoms with Gasteiger partial charge in [-0.05, 0) is 67.4 Å². The van der Waals surface area contributed by atoms with E-state index in [-0.39, 0.29) is 0 Å². The van der Waals surface area contributed by atoms with Crippen LogP contribution >= 0.6 is 0 Å². The fourth-order valence-electron chi connectivity index (χ4n) is 3.42. The molecule has 0 heterocycles. The van der Waals surface area contributed by atoms with Crippen LogP contribution in [0.4, 0.5) is 0 Å². The van der Waals surface area contributed by atoms with Gasteiger partial charge >= 0.3 is 0 Å². The second kappa shape index (κ2) is 3.49. The van der Waals surface area contributed by atoms with Crippen LogP contribution in [0.3, 0.4) is 0 Å². The maximum absolute atomic E-state index is 3.35. The second-order valence-corrected chi connectivity index (χ2v) is 5.26. The van der Waals surface area contributed by atoms with E-state index in [0.29, 0.717) is 0 Å². The van der Waals surface area contributed by atoms with Crippen molar-refractivity contribution in [2.45, 2.75) is 0 Å². The Balaban J connectivity index is 2.32. The van der Waals surface area contributed by atoms with Crippen molar-refractivity contribution in [1.82, 2.24) is 0 Å². The third-order valence-corrected chi connectivity index (χ3v) is 4.24. The van der Waals surface area contributed by atoms with E-state index in [1.165, 1.54) is 43.1 Å². The Labute approximate surface area is 116 Å². The average Bonchev–Trinajstić information content (AvgIpc) is 2.52. The molecule has 0 amide bonds. The van der Waals surface area contributed by atoms with E-state index < -0.39 is 0 Å². The molecule has 5 aromatic carbocycles. The molecule has 20 heavy (non-hydrogen) atoms. The quantitative estimate of drug-likeness (QED) is 0.257. The fourth-order valence-corrected chi connectivity index (χ4v) is 3.42. The summed E-state index contributed by atoms with van der Waals surface area (Å²) in [5, 5.41) is 10.3. The fraction of sp³-hybridized carbons (Fsp3) is 0. The smallest absolute Gasteiger partial charge is 0.00201 e. The summed E-state index contributed by atoms with van der Waals surface area (Å²) in [5.74, 6) is 0. The highest BCUT2D eigenvalue weighted by Gasteiger charge is 2.11. The Kier molecular flexibility index (Phi) is 1.78. The van der Waals surface area contributed by atoms with Gasteiger partial charge in [0.25, 0.3) is 0 Å². The summed E-state index contributed by atoms with van der Waals surface area (Å²) < 4.78 is 0. The summed E-state index contributed by atoms with van der Waals surface area (Å²) in [7, 11) is 0. The van der Waals surface area contributed by atoms with E-state index in [1.54, 1.807) is 0 Å². The third-order valence-electron chi connectivity index (χ3n) is 4.24. The Morgan fingerprint density at radius 2 is 1.45 bits per heavy atom. The molecule has 5 aromatic rings. The van der Waals surface area contributed by atoms with Gasteiger partial charge in [-0.2, -0.15) is 0 Å². The molecule has 5 rings (SSSR count). The highest BCUT2D eigenvalue weighted by molar-refractivity contribution is 6.32. The number of hydrogen-bond acceptors (Lipinski definition) is 0. The monoisotopic (exact) mass is 250 g/mol. The van der Waals surface area contributed by atoms with Gasteiger partial charge in [-0.1, -0.05) is 48.5 Å². The van der Waals surface area contributed by atoms with Gasteiger partial charge in [0.15, 0.2) is 0 Å². The minimum absolute atomic E-state index is 1.19. The van der Waals surface area contributed by atoms with Gasteiger partial charge in [-0.15, -0.1) is 0 Å². The summed E-state index contributed by atoms with van der Waals surface area (Å²) in [6, 6.07) is 28.0. The van der Waals surface area contributed by atoms with Crippen LogP contribution in [0.15, 0.2) is 60.7 Å². The first-order valence-electron chi connectivity index (χ1n) is 6.80. The first-order chi connectivity index (χ1) is 9.93. The number of fused-ring (bicyclic) bond motifs is 2. The van der Waals surface area contributed by atoms with Crippen LogP contribution in [-0.4, -0.2) is 0 Å². The molecule has 0 saturated heterocycles. The Morgan fingerprint density at radius 1 is 0.650 bits per heavy atom. The first kappa shape index (κ1) is 10.2. The van der Waals surface area contributed by atoms with Crippen molar-refractivity contribution >= 4 is 43.1 Å². The predicted molar refractivity (Wildman–Crippen MR) is 85.3 cm³/mol. The van der Waals surface area contributed by atoms with Crippen LogP contribution in [-0.2, 0) is 0 Å². The zero-order valence-electron chi connectivity index (χ0n) is 10.8. The molecule has 0 aliphatic rings. The van der Waals surface area contributed by atoms with Crippen LogP contribution in [0.25, 0.3) is 43.1 Å². The van der Waals surface area contributed by atoms with E-state index in [2.05, 4.69) is 66.7 Å². The molecule has 0 heteroatoms. The third kappa shape index (κ3) is 1.12. The summed E-state index contributed by atoms with van der Waals surface area (Å²) in [6.45, 7) is 0. The minimum atomic E-state index is 1.19. The summed E-state index contributed by atoms with van der Waals surface area (Å²) in [6.07, 6.45) is 0. The molecule has 0 N–H and O–H groups in total. The Bertz CT molecular complexity index is 917. The van der Waals surface area contributed by atoms with E-state index >= 15 is 0 Å². The normalized spacial score (nSPS) is 12.0.